The Hall–Kier alpha value is -1.28. The molecule has 1 fully saturated rings. The second-order valence-corrected chi connectivity index (χ2v) is 7.18. The van der Waals surface area contributed by atoms with Crippen LogP contribution < -0.4 is 4.72 Å². The van der Waals surface area contributed by atoms with Crippen molar-refractivity contribution in [2.24, 2.45) is 0 Å². The molecule has 1 N–H and O–H groups in total. The Bertz CT molecular complexity index is 635. The third-order valence-corrected chi connectivity index (χ3v) is 4.98. The van der Waals surface area contributed by atoms with Gasteiger partial charge in [0.2, 0.25) is 10.0 Å². The summed E-state index contributed by atoms with van der Waals surface area (Å²) in [5, 5.41) is 0. The number of carbonyl (C=O) groups is 1. The van der Waals surface area contributed by atoms with Crippen LogP contribution in [-0.4, -0.2) is 39.7 Å². The zero-order valence-electron chi connectivity index (χ0n) is 12.8. The maximum Gasteiger partial charge on any atom is 0.240 e. The summed E-state index contributed by atoms with van der Waals surface area (Å²) in [6.07, 6.45) is 1.26. The van der Waals surface area contributed by atoms with Crippen LogP contribution in [0.1, 0.15) is 37.0 Å². The van der Waals surface area contributed by atoms with E-state index in [1.165, 1.54) is 19.1 Å². The van der Waals surface area contributed by atoms with Crippen molar-refractivity contribution in [1.29, 1.82) is 0 Å². The van der Waals surface area contributed by atoms with Crippen LogP contribution in [0.5, 0.6) is 0 Å². The predicted molar refractivity (Wildman–Crippen MR) is 81.2 cm³/mol. The third kappa shape index (κ3) is 4.36. The van der Waals surface area contributed by atoms with Gasteiger partial charge < -0.3 is 9.47 Å². The Kier molecular flexibility index (Phi) is 5.33. The Balaban J connectivity index is 1.99. The van der Waals surface area contributed by atoms with Gasteiger partial charge in [-0.25, -0.2) is 13.1 Å². The van der Waals surface area contributed by atoms with Crippen LogP contribution in [0.3, 0.4) is 0 Å². The molecule has 122 valence electrons. The summed E-state index contributed by atoms with van der Waals surface area (Å²) in [6, 6.07) is 5.98. The maximum atomic E-state index is 12.2. The minimum absolute atomic E-state index is 0.0795. The van der Waals surface area contributed by atoms with Crippen molar-refractivity contribution in [3.05, 3.63) is 29.8 Å². The first kappa shape index (κ1) is 17.1. The fourth-order valence-electron chi connectivity index (χ4n) is 2.20. The Morgan fingerprint density at radius 2 is 2.00 bits per heavy atom. The zero-order valence-corrected chi connectivity index (χ0v) is 13.6. The number of hydrogen-bond acceptors (Lipinski definition) is 5. The first-order valence-electron chi connectivity index (χ1n) is 7.21. The van der Waals surface area contributed by atoms with Gasteiger partial charge >= 0.3 is 0 Å². The van der Waals surface area contributed by atoms with Gasteiger partial charge in [0, 0.05) is 18.5 Å². The van der Waals surface area contributed by atoms with E-state index in [0.29, 0.717) is 25.2 Å². The first-order chi connectivity index (χ1) is 10.3. The number of rotatable bonds is 6. The van der Waals surface area contributed by atoms with Gasteiger partial charge in [-0.3, -0.25) is 4.79 Å². The molecule has 1 aromatic carbocycles. The predicted octanol–water partition coefficient (Wildman–Crippen LogP) is 1.71. The number of Topliss-reactive ketones (excluding diaryl/α,β-unsaturated/α-hetero) is 1. The molecular weight excluding hydrogens is 306 g/mol. The Labute approximate surface area is 130 Å². The van der Waals surface area contributed by atoms with Crippen molar-refractivity contribution >= 4 is 15.8 Å². The minimum atomic E-state index is -3.66. The van der Waals surface area contributed by atoms with Crippen molar-refractivity contribution < 1.29 is 22.7 Å². The topological polar surface area (TPSA) is 81.7 Å². The number of sulfonamides is 1. The Morgan fingerprint density at radius 3 is 2.64 bits per heavy atom. The number of ether oxygens (including phenoxy) is 2. The average Bonchev–Trinajstić information content (AvgIpc) is 2.47. The van der Waals surface area contributed by atoms with E-state index in [1.54, 1.807) is 19.1 Å². The molecule has 1 aliphatic heterocycles. The molecule has 1 saturated heterocycles. The number of ketones is 1. The molecule has 0 unspecified atom stereocenters. The van der Waals surface area contributed by atoms with Crippen molar-refractivity contribution in [3.8, 4) is 0 Å². The molecule has 0 aliphatic carbocycles. The van der Waals surface area contributed by atoms with Crippen LogP contribution in [0.15, 0.2) is 29.2 Å². The van der Waals surface area contributed by atoms with Gasteiger partial charge in [-0.2, -0.15) is 0 Å². The molecule has 0 amide bonds. The molecule has 0 bridgehead atoms. The first-order valence-corrected chi connectivity index (χ1v) is 8.69. The molecule has 7 heteroatoms. The SMILES string of the molecule is CC(=O)c1cccc(S(=O)(=O)NCCC2(C)OCCCO2)c1. The minimum Gasteiger partial charge on any atom is -0.350 e. The highest BCUT2D eigenvalue weighted by atomic mass is 32.2. The van der Waals surface area contributed by atoms with E-state index < -0.39 is 15.8 Å². The van der Waals surface area contributed by atoms with Crippen LogP contribution >= 0.6 is 0 Å². The largest absolute Gasteiger partial charge is 0.350 e. The summed E-state index contributed by atoms with van der Waals surface area (Å²) in [7, 11) is -3.66. The van der Waals surface area contributed by atoms with Gasteiger partial charge in [0.15, 0.2) is 11.6 Å². The van der Waals surface area contributed by atoms with Crippen LogP contribution in [-0.2, 0) is 19.5 Å². The van der Waals surface area contributed by atoms with E-state index in [2.05, 4.69) is 4.72 Å². The molecular formula is C15H21NO5S. The molecule has 0 atom stereocenters. The molecule has 1 aromatic rings. The fraction of sp³-hybridized carbons (Fsp3) is 0.533. The molecule has 0 spiro atoms. The fourth-order valence-corrected chi connectivity index (χ4v) is 3.28. The molecule has 6 nitrogen and oxygen atoms in total. The van der Waals surface area contributed by atoms with Crippen molar-refractivity contribution in [2.45, 2.75) is 37.4 Å². The number of carbonyl (C=O) groups excluding carboxylic acids is 1. The van der Waals surface area contributed by atoms with Gasteiger partial charge in [0.25, 0.3) is 0 Å². The monoisotopic (exact) mass is 327 g/mol. The van der Waals surface area contributed by atoms with Gasteiger partial charge in [0.1, 0.15) is 0 Å². The van der Waals surface area contributed by atoms with E-state index in [1.807, 2.05) is 0 Å². The molecule has 1 aliphatic rings. The lowest BCUT2D eigenvalue weighted by atomic mass is 10.2. The second-order valence-electron chi connectivity index (χ2n) is 5.42. The third-order valence-electron chi connectivity index (χ3n) is 3.53. The highest BCUT2D eigenvalue weighted by Crippen LogP contribution is 2.21. The van der Waals surface area contributed by atoms with E-state index >= 15 is 0 Å². The normalized spacial score (nSPS) is 18.1. The lowest BCUT2D eigenvalue weighted by molar-refractivity contribution is -0.257. The highest BCUT2D eigenvalue weighted by molar-refractivity contribution is 7.89. The highest BCUT2D eigenvalue weighted by Gasteiger charge is 2.29. The van der Waals surface area contributed by atoms with Gasteiger partial charge in [0.05, 0.1) is 18.1 Å². The molecule has 1 heterocycles. The summed E-state index contributed by atoms with van der Waals surface area (Å²) >= 11 is 0. The lowest BCUT2D eigenvalue weighted by Gasteiger charge is -2.33. The number of hydrogen-bond donors (Lipinski definition) is 1. The Morgan fingerprint density at radius 1 is 1.32 bits per heavy atom. The maximum absolute atomic E-state index is 12.2. The molecule has 0 radical (unpaired) electrons. The van der Waals surface area contributed by atoms with Gasteiger partial charge in [-0.15, -0.1) is 0 Å². The van der Waals surface area contributed by atoms with Crippen LogP contribution in [0.4, 0.5) is 0 Å². The molecule has 0 aromatic heterocycles. The van der Waals surface area contributed by atoms with Crippen molar-refractivity contribution in [3.63, 3.8) is 0 Å². The molecule has 2 rings (SSSR count). The van der Waals surface area contributed by atoms with Crippen LogP contribution in [0.2, 0.25) is 0 Å². The average molecular weight is 327 g/mol. The molecule has 22 heavy (non-hydrogen) atoms. The van der Waals surface area contributed by atoms with E-state index in [-0.39, 0.29) is 17.2 Å². The zero-order chi connectivity index (χ0) is 16.2. The summed E-state index contributed by atoms with van der Waals surface area (Å²) in [5.41, 5.74) is 0.369. The number of nitrogens with one attached hydrogen (secondary N) is 1. The summed E-state index contributed by atoms with van der Waals surface area (Å²) < 4.78 is 38.1. The molecule has 0 saturated carbocycles. The van der Waals surface area contributed by atoms with Gasteiger partial charge in [-0.05, 0) is 32.4 Å². The van der Waals surface area contributed by atoms with E-state index in [9.17, 15) is 13.2 Å². The van der Waals surface area contributed by atoms with Crippen LogP contribution in [0, 0.1) is 0 Å². The summed E-state index contributed by atoms with van der Waals surface area (Å²) in [6.45, 7) is 4.63. The standard InChI is InChI=1S/C15H21NO5S/c1-12(17)13-5-3-6-14(11-13)22(18,19)16-8-7-15(2)20-9-4-10-21-15/h3,5-6,11,16H,4,7-10H2,1-2H3. The van der Waals surface area contributed by atoms with Crippen molar-refractivity contribution in [1.82, 2.24) is 4.72 Å². The van der Waals surface area contributed by atoms with Crippen LogP contribution in [0.25, 0.3) is 0 Å². The second kappa shape index (κ2) is 6.87. The number of benzene rings is 1. The van der Waals surface area contributed by atoms with Crippen molar-refractivity contribution in [2.75, 3.05) is 19.8 Å². The van der Waals surface area contributed by atoms with E-state index in [0.717, 1.165) is 6.42 Å². The smallest absolute Gasteiger partial charge is 0.240 e. The quantitative estimate of drug-likeness (QED) is 0.804. The lowest BCUT2D eigenvalue weighted by Crippen LogP contribution is -2.40. The summed E-state index contributed by atoms with van der Waals surface area (Å²) in [4.78, 5) is 11.4. The van der Waals surface area contributed by atoms with E-state index in [4.69, 9.17) is 9.47 Å². The van der Waals surface area contributed by atoms with Gasteiger partial charge in [-0.1, -0.05) is 12.1 Å². The summed E-state index contributed by atoms with van der Waals surface area (Å²) in [5.74, 6) is -0.921.